The monoisotopic (exact) mass is 502 g/mol. The average Bonchev–Trinajstić information content (AvgIpc) is 2.67. The van der Waals surface area contributed by atoms with Crippen LogP contribution in [-0.4, -0.2) is 69.0 Å². The number of esters is 1. The normalized spacial score (nSPS) is 13.8. The number of amides is 1. The summed E-state index contributed by atoms with van der Waals surface area (Å²) in [5.74, 6) is 0.484. The zero-order valence-corrected chi connectivity index (χ0v) is 20.8. The summed E-state index contributed by atoms with van der Waals surface area (Å²) in [5.41, 5.74) is 0.386. The predicted octanol–water partition coefficient (Wildman–Crippen LogP) is 2.88. The molecular formula is C21H32N3O4SSe. The van der Waals surface area contributed by atoms with Gasteiger partial charge in [-0.05, 0) is 0 Å². The van der Waals surface area contributed by atoms with Gasteiger partial charge in [0.25, 0.3) is 0 Å². The van der Waals surface area contributed by atoms with Crippen LogP contribution >= 0.6 is 11.8 Å². The number of nitrogens with zero attached hydrogens (tertiary/aromatic N) is 1. The molecule has 0 aliphatic heterocycles. The summed E-state index contributed by atoms with van der Waals surface area (Å²) in [4.78, 5) is 28.7. The topological polar surface area (TPSA) is 89.0 Å². The Kier molecular flexibility index (Phi) is 11.9. The second-order valence-electron chi connectivity index (χ2n) is 7.76. The number of hydrogen-bond donors (Lipinski definition) is 2. The second kappa shape index (κ2) is 13.6. The number of amidine groups is 1. The Bertz CT molecular complexity index is 695. The van der Waals surface area contributed by atoms with Crippen molar-refractivity contribution in [2.75, 3.05) is 18.6 Å². The number of hydrogen-bond acceptors (Lipinski definition) is 6. The van der Waals surface area contributed by atoms with Gasteiger partial charge in [0, 0.05) is 0 Å². The standard InChI is InChI=1S/C21H32N3O4SSe/c1-15(23-20(26)28-21(2,3)4)13-22-19(30)24-17(11-12-29-5)18(25)27-14-16-9-7-6-8-10-16/h6-10,15,17H,11-14H2,1-5H3,(H,22,24)(H,23,26)/t15?,17-/m0/s1. The summed E-state index contributed by atoms with van der Waals surface area (Å²) < 4.78 is 11.2. The number of thioether (sulfide) groups is 1. The Hall–Kier alpha value is -1.70. The fraction of sp³-hybridized carbons (Fsp3) is 0.571. The molecule has 0 heterocycles. The molecule has 0 aliphatic carbocycles. The molecule has 0 saturated heterocycles. The van der Waals surface area contributed by atoms with Crippen LogP contribution in [-0.2, 0) is 20.9 Å². The number of carbonyl (C=O) groups excluding carboxylic acids is 2. The van der Waals surface area contributed by atoms with Gasteiger partial charge < -0.3 is 0 Å². The quantitative estimate of drug-likeness (QED) is 0.222. The number of benzene rings is 1. The molecule has 1 unspecified atom stereocenters. The second-order valence-corrected chi connectivity index (χ2v) is 9.56. The van der Waals surface area contributed by atoms with Crippen molar-refractivity contribution >= 4 is 44.6 Å². The minimum absolute atomic E-state index is 0.223. The van der Waals surface area contributed by atoms with Gasteiger partial charge in [-0.2, -0.15) is 0 Å². The molecular weight excluding hydrogens is 469 g/mol. The van der Waals surface area contributed by atoms with Crippen LogP contribution in [0.2, 0.25) is 0 Å². The first-order valence-electron chi connectivity index (χ1n) is 9.77. The Morgan fingerprint density at radius 1 is 1.20 bits per heavy atom. The van der Waals surface area contributed by atoms with Crippen LogP contribution in [0.15, 0.2) is 35.3 Å². The van der Waals surface area contributed by atoms with Crippen molar-refractivity contribution in [3.63, 3.8) is 0 Å². The van der Waals surface area contributed by atoms with Gasteiger partial charge in [0.05, 0.1) is 0 Å². The molecule has 1 aromatic carbocycles. The fourth-order valence-electron chi connectivity index (χ4n) is 2.28. The Morgan fingerprint density at radius 3 is 2.47 bits per heavy atom. The minimum atomic E-state index is -0.553. The van der Waals surface area contributed by atoms with Gasteiger partial charge in [0.15, 0.2) is 0 Å². The summed E-state index contributed by atoms with van der Waals surface area (Å²) in [5, 5.41) is 5.83. The van der Waals surface area contributed by atoms with Gasteiger partial charge in [-0.1, -0.05) is 0 Å². The summed E-state index contributed by atoms with van der Waals surface area (Å²) in [6, 6.07) is 8.84. The van der Waals surface area contributed by atoms with Crippen LogP contribution in [0.4, 0.5) is 4.79 Å². The Balaban J connectivity index is 2.56. The number of carbonyl (C=O) groups is 2. The van der Waals surface area contributed by atoms with E-state index in [4.69, 9.17) is 9.47 Å². The van der Waals surface area contributed by atoms with Crippen LogP contribution in [0.25, 0.3) is 0 Å². The van der Waals surface area contributed by atoms with Crippen LogP contribution in [0.5, 0.6) is 0 Å². The van der Waals surface area contributed by atoms with E-state index in [0.717, 1.165) is 11.3 Å². The molecule has 30 heavy (non-hydrogen) atoms. The summed E-state index contributed by atoms with van der Waals surface area (Å²) >= 11 is 4.50. The van der Waals surface area contributed by atoms with E-state index in [-0.39, 0.29) is 18.6 Å². The van der Waals surface area contributed by atoms with Crippen molar-refractivity contribution in [2.24, 2.45) is 4.99 Å². The third-order valence-electron chi connectivity index (χ3n) is 3.69. The van der Waals surface area contributed by atoms with E-state index in [1.54, 1.807) is 11.8 Å². The molecule has 2 N–H and O–H groups in total. The Morgan fingerprint density at radius 2 is 1.87 bits per heavy atom. The summed E-state index contributed by atoms with van der Waals surface area (Å²) in [6.45, 7) is 7.83. The van der Waals surface area contributed by atoms with E-state index in [2.05, 4.69) is 31.6 Å². The molecule has 0 saturated carbocycles. The van der Waals surface area contributed by atoms with Gasteiger partial charge in [-0.15, -0.1) is 0 Å². The molecule has 7 nitrogen and oxygen atoms in total. The van der Waals surface area contributed by atoms with Crippen molar-refractivity contribution < 1.29 is 19.1 Å². The van der Waals surface area contributed by atoms with Crippen LogP contribution < -0.4 is 10.6 Å². The molecule has 1 radical (unpaired) electrons. The molecule has 0 spiro atoms. The number of alkyl carbamates (subject to hydrolysis) is 1. The predicted molar refractivity (Wildman–Crippen MR) is 123 cm³/mol. The summed E-state index contributed by atoms with van der Waals surface area (Å²) in [7, 11) is 0. The summed E-state index contributed by atoms with van der Waals surface area (Å²) in [6.07, 6.45) is 2.12. The molecule has 2 atom stereocenters. The van der Waals surface area contributed by atoms with Crippen LogP contribution in [0, 0.1) is 0 Å². The van der Waals surface area contributed by atoms with E-state index >= 15 is 0 Å². The number of nitrogens with one attached hydrogen (secondary N) is 2. The molecule has 9 heteroatoms. The van der Waals surface area contributed by atoms with Crippen molar-refractivity contribution in [3.05, 3.63) is 35.9 Å². The van der Waals surface area contributed by atoms with Crippen LogP contribution in [0.3, 0.4) is 0 Å². The van der Waals surface area contributed by atoms with Crippen molar-refractivity contribution in [3.8, 4) is 0 Å². The number of aliphatic imine (C=N–C) groups is 1. The molecule has 1 amide bonds. The van der Waals surface area contributed by atoms with Crippen molar-refractivity contribution in [2.45, 2.75) is 58.4 Å². The number of ether oxygens (including phenoxy) is 2. The first-order chi connectivity index (χ1) is 14.1. The zero-order valence-electron chi connectivity index (χ0n) is 18.3. The molecule has 0 bridgehead atoms. The SMILES string of the molecule is CSCC[C@H](NC([Se])=NCC(C)NC(=O)OC(C)(C)C)C(=O)OCc1ccccc1. The van der Waals surface area contributed by atoms with E-state index < -0.39 is 17.7 Å². The maximum absolute atomic E-state index is 12.5. The molecule has 0 aromatic heterocycles. The third kappa shape index (κ3) is 12.1. The first kappa shape index (κ1) is 26.3. The number of rotatable bonds is 10. The van der Waals surface area contributed by atoms with E-state index in [1.807, 2.05) is 64.3 Å². The Labute approximate surface area is 192 Å². The maximum atomic E-state index is 12.5. The molecule has 167 valence electrons. The van der Waals surface area contributed by atoms with Gasteiger partial charge in [-0.3, -0.25) is 0 Å². The third-order valence-corrected chi connectivity index (χ3v) is 4.85. The van der Waals surface area contributed by atoms with Crippen molar-refractivity contribution in [1.82, 2.24) is 10.6 Å². The average molecular weight is 502 g/mol. The molecule has 0 fully saturated rings. The molecule has 1 rings (SSSR count). The van der Waals surface area contributed by atoms with E-state index in [0.29, 0.717) is 17.7 Å². The van der Waals surface area contributed by atoms with E-state index in [1.165, 1.54) is 0 Å². The van der Waals surface area contributed by atoms with E-state index in [9.17, 15) is 9.59 Å². The fourth-order valence-corrected chi connectivity index (χ4v) is 3.21. The van der Waals surface area contributed by atoms with Gasteiger partial charge >= 0.3 is 192 Å². The van der Waals surface area contributed by atoms with Gasteiger partial charge in [-0.25, -0.2) is 0 Å². The van der Waals surface area contributed by atoms with Gasteiger partial charge in [0.1, 0.15) is 0 Å². The van der Waals surface area contributed by atoms with Crippen LogP contribution in [0.1, 0.15) is 39.7 Å². The van der Waals surface area contributed by atoms with Gasteiger partial charge in [0.2, 0.25) is 0 Å². The molecule has 0 aliphatic rings. The zero-order chi connectivity index (χ0) is 22.6. The molecule has 1 aromatic rings. The van der Waals surface area contributed by atoms with Crippen molar-refractivity contribution in [1.29, 1.82) is 0 Å². The first-order valence-corrected chi connectivity index (χ1v) is 12.0.